The maximum atomic E-state index is 12.6. The Labute approximate surface area is 136 Å². The van der Waals surface area contributed by atoms with Crippen LogP contribution in [0.4, 0.5) is 13.2 Å². The maximum Gasteiger partial charge on any atom is 0.416 e. The molecule has 0 aliphatic carbocycles. The van der Waals surface area contributed by atoms with Gasteiger partial charge in [0, 0.05) is 5.69 Å². The molecule has 0 aliphatic heterocycles. The van der Waals surface area contributed by atoms with E-state index in [1.54, 1.807) is 19.9 Å². The van der Waals surface area contributed by atoms with Crippen molar-refractivity contribution in [1.82, 2.24) is 15.5 Å². The van der Waals surface area contributed by atoms with Gasteiger partial charge in [0.25, 0.3) is 5.91 Å². The van der Waals surface area contributed by atoms with Crippen LogP contribution in [0.5, 0.6) is 0 Å². The topological polar surface area (TPSA) is 78.0 Å². The van der Waals surface area contributed by atoms with Crippen molar-refractivity contribution in [3.8, 4) is 0 Å². The van der Waals surface area contributed by atoms with Crippen LogP contribution in [0, 0.1) is 6.92 Å². The zero-order chi connectivity index (χ0) is 17.9. The highest BCUT2D eigenvalue weighted by atomic mass is 19.4. The second-order valence-corrected chi connectivity index (χ2v) is 5.49. The zero-order valence-corrected chi connectivity index (χ0v) is 13.2. The highest BCUT2D eigenvalue weighted by molar-refractivity contribution is 5.92. The first-order chi connectivity index (χ1) is 11.2. The Balaban J connectivity index is 2.10. The Morgan fingerprint density at radius 2 is 1.96 bits per heavy atom. The molecule has 1 aromatic heterocycles. The maximum absolute atomic E-state index is 12.6. The number of aromatic nitrogens is 2. The third kappa shape index (κ3) is 4.14. The number of rotatable bonds is 5. The van der Waals surface area contributed by atoms with E-state index in [4.69, 9.17) is 0 Å². The molecule has 5 nitrogen and oxygen atoms in total. The van der Waals surface area contributed by atoms with Crippen LogP contribution in [0.15, 0.2) is 30.3 Å². The van der Waals surface area contributed by atoms with E-state index in [1.165, 1.54) is 12.1 Å². The summed E-state index contributed by atoms with van der Waals surface area (Å²) >= 11 is 0. The molecule has 0 radical (unpaired) electrons. The number of amides is 1. The molecule has 0 fully saturated rings. The molecule has 130 valence electrons. The molecule has 3 N–H and O–H groups in total. The second kappa shape index (κ2) is 7.04. The fraction of sp³-hybridized carbons (Fsp3) is 0.375. The number of halogens is 3. The summed E-state index contributed by atoms with van der Waals surface area (Å²) in [6, 6.07) is 5.15. The lowest BCUT2D eigenvalue weighted by atomic mass is 9.99. The molecule has 2 aromatic rings. The van der Waals surface area contributed by atoms with Crippen molar-refractivity contribution in [3.05, 3.63) is 52.8 Å². The number of hydrogen-bond donors (Lipinski definition) is 3. The molecule has 2 unspecified atom stereocenters. The van der Waals surface area contributed by atoms with E-state index < -0.39 is 29.8 Å². The number of nitrogens with zero attached hydrogens (tertiary/aromatic N) is 1. The van der Waals surface area contributed by atoms with Gasteiger partial charge in [-0.1, -0.05) is 19.1 Å². The van der Waals surface area contributed by atoms with E-state index in [0.29, 0.717) is 12.0 Å². The van der Waals surface area contributed by atoms with Crippen LogP contribution in [0.3, 0.4) is 0 Å². The van der Waals surface area contributed by atoms with Crippen molar-refractivity contribution in [3.63, 3.8) is 0 Å². The van der Waals surface area contributed by atoms with Crippen LogP contribution in [0.2, 0.25) is 0 Å². The van der Waals surface area contributed by atoms with Gasteiger partial charge in [-0.3, -0.25) is 9.89 Å². The summed E-state index contributed by atoms with van der Waals surface area (Å²) in [5.74, 6) is -0.461. The van der Waals surface area contributed by atoms with Gasteiger partial charge < -0.3 is 10.4 Å². The first-order valence-corrected chi connectivity index (χ1v) is 7.40. The first-order valence-electron chi connectivity index (χ1n) is 7.40. The third-order valence-corrected chi connectivity index (χ3v) is 3.66. The largest absolute Gasteiger partial charge is 0.416 e. The van der Waals surface area contributed by atoms with Crippen molar-refractivity contribution in [1.29, 1.82) is 0 Å². The number of benzene rings is 1. The number of nitrogens with one attached hydrogen (secondary N) is 2. The monoisotopic (exact) mass is 341 g/mol. The van der Waals surface area contributed by atoms with Gasteiger partial charge in [-0.2, -0.15) is 18.3 Å². The minimum absolute atomic E-state index is 0.186. The van der Waals surface area contributed by atoms with Crippen LogP contribution < -0.4 is 5.32 Å². The Kier molecular flexibility index (Phi) is 5.28. The van der Waals surface area contributed by atoms with E-state index in [9.17, 15) is 23.1 Å². The highest BCUT2D eigenvalue weighted by Crippen LogP contribution is 2.30. The molecule has 0 spiro atoms. The normalized spacial score (nSPS) is 14.2. The van der Waals surface area contributed by atoms with Crippen LogP contribution in [0.25, 0.3) is 0 Å². The molecule has 24 heavy (non-hydrogen) atoms. The predicted octanol–water partition coefficient (Wildman–Crippen LogP) is 2.98. The fourth-order valence-electron chi connectivity index (χ4n) is 2.28. The number of aromatic amines is 1. The lowest BCUT2D eigenvalue weighted by Gasteiger charge is -2.23. The quantitative estimate of drug-likeness (QED) is 0.782. The van der Waals surface area contributed by atoms with E-state index in [1.807, 2.05) is 0 Å². The van der Waals surface area contributed by atoms with Crippen molar-refractivity contribution in [2.75, 3.05) is 0 Å². The van der Waals surface area contributed by atoms with Gasteiger partial charge in [-0.05, 0) is 37.1 Å². The van der Waals surface area contributed by atoms with Crippen molar-refractivity contribution >= 4 is 5.91 Å². The molecule has 0 saturated heterocycles. The Morgan fingerprint density at radius 1 is 1.33 bits per heavy atom. The Bertz CT molecular complexity index is 695. The SMILES string of the molecule is CCC(NC(=O)c1cc(C)[nH]n1)C(O)c1ccc(C(F)(F)F)cc1. The van der Waals surface area contributed by atoms with E-state index >= 15 is 0 Å². The summed E-state index contributed by atoms with van der Waals surface area (Å²) in [7, 11) is 0. The van der Waals surface area contributed by atoms with Gasteiger partial charge in [0.1, 0.15) is 5.69 Å². The first kappa shape index (κ1) is 18.0. The summed E-state index contributed by atoms with van der Waals surface area (Å²) in [5.41, 5.74) is 0.415. The molecular formula is C16H18F3N3O2. The van der Waals surface area contributed by atoms with Crippen molar-refractivity contribution < 1.29 is 23.1 Å². The van der Waals surface area contributed by atoms with E-state index in [0.717, 1.165) is 17.8 Å². The lowest BCUT2D eigenvalue weighted by molar-refractivity contribution is -0.137. The van der Waals surface area contributed by atoms with E-state index in [2.05, 4.69) is 15.5 Å². The molecular weight excluding hydrogens is 323 g/mol. The van der Waals surface area contributed by atoms with Gasteiger partial charge in [-0.25, -0.2) is 0 Å². The predicted molar refractivity (Wildman–Crippen MR) is 81.3 cm³/mol. The van der Waals surface area contributed by atoms with Crippen molar-refractivity contribution in [2.24, 2.45) is 0 Å². The third-order valence-electron chi connectivity index (χ3n) is 3.66. The zero-order valence-electron chi connectivity index (χ0n) is 13.2. The lowest BCUT2D eigenvalue weighted by Crippen LogP contribution is -2.39. The number of hydrogen-bond acceptors (Lipinski definition) is 3. The smallest absolute Gasteiger partial charge is 0.386 e. The molecule has 1 aromatic carbocycles. The van der Waals surface area contributed by atoms with Crippen LogP contribution in [-0.2, 0) is 6.18 Å². The number of alkyl halides is 3. The Hall–Kier alpha value is -2.35. The van der Waals surface area contributed by atoms with Gasteiger partial charge in [0.05, 0.1) is 17.7 Å². The number of carbonyl (C=O) groups excluding carboxylic acids is 1. The van der Waals surface area contributed by atoms with Crippen molar-refractivity contribution in [2.45, 2.75) is 38.6 Å². The summed E-state index contributed by atoms with van der Waals surface area (Å²) in [5, 5.41) is 19.5. The molecule has 1 amide bonds. The molecule has 2 atom stereocenters. The summed E-state index contributed by atoms with van der Waals surface area (Å²) in [4.78, 5) is 12.1. The number of aliphatic hydroxyl groups excluding tert-OH is 1. The minimum atomic E-state index is -4.43. The van der Waals surface area contributed by atoms with Crippen LogP contribution in [-0.4, -0.2) is 27.3 Å². The Morgan fingerprint density at radius 3 is 2.42 bits per heavy atom. The molecule has 0 bridgehead atoms. The van der Waals surface area contributed by atoms with Crippen LogP contribution in [0.1, 0.15) is 46.8 Å². The number of aliphatic hydroxyl groups is 1. The number of carbonyl (C=O) groups is 1. The van der Waals surface area contributed by atoms with E-state index in [-0.39, 0.29) is 5.69 Å². The molecule has 2 rings (SSSR count). The number of H-pyrrole nitrogens is 1. The second-order valence-electron chi connectivity index (χ2n) is 5.49. The highest BCUT2D eigenvalue weighted by Gasteiger charge is 2.31. The van der Waals surface area contributed by atoms with Gasteiger partial charge >= 0.3 is 6.18 Å². The fourth-order valence-corrected chi connectivity index (χ4v) is 2.28. The van der Waals surface area contributed by atoms with Crippen LogP contribution >= 0.6 is 0 Å². The summed E-state index contributed by atoms with van der Waals surface area (Å²) in [6.07, 6.45) is -5.15. The number of aryl methyl sites for hydroxylation is 1. The molecule has 1 heterocycles. The van der Waals surface area contributed by atoms with Gasteiger partial charge in [0.15, 0.2) is 0 Å². The minimum Gasteiger partial charge on any atom is -0.386 e. The summed E-state index contributed by atoms with van der Waals surface area (Å²) < 4.78 is 37.7. The molecule has 8 heteroatoms. The summed E-state index contributed by atoms with van der Waals surface area (Å²) in [6.45, 7) is 3.51. The molecule has 0 aliphatic rings. The van der Waals surface area contributed by atoms with Gasteiger partial charge in [0.2, 0.25) is 0 Å². The standard InChI is InChI=1S/C16H18F3N3O2/c1-3-12(20-15(24)13-8-9(2)21-22-13)14(23)10-4-6-11(7-5-10)16(17,18)19/h4-8,12,14,23H,3H2,1-2H3,(H,20,24)(H,21,22). The molecule has 0 saturated carbocycles. The average Bonchev–Trinajstić information content (AvgIpc) is 2.97. The van der Waals surface area contributed by atoms with Gasteiger partial charge in [-0.15, -0.1) is 0 Å². The average molecular weight is 341 g/mol.